The first kappa shape index (κ1) is 37.8. The van der Waals surface area contributed by atoms with Crippen LogP contribution in [0, 0.1) is 38.8 Å². The number of nitrogens with one attached hydrogen (secondary N) is 2. The van der Waals surface area contributed by atoms with E-state index >= 15 is 0 Å². The molecule has 4 rings (SSSR count). The normalized spacial score (nSPS) is 30.7. The van der Waals surface area contributed by atoms with Crippen LogP contribution in [0.1, 0.15) is 58.2 Å². The summed E-state index contributed by atoms with van der Waals surface area (Å²) in [5.74, 6) is -0.984. The van der Waals surface area contributed by atoms with Crippen molar-refractivity contribution in [1.29, 1.82) is 0 Å². The molecule has 8 atom stereocenters. The van der Waals surface area contributed by atoms with E-state index < -0.39 is 86.1 Å². The lowest BCUT2D eigenvalue weighted by Crippen LogP contribution is -2.52. The van der Waals surface area contributed by atoms with Crippen molar-refractivity contribution in [2.75, 3.05) is 13.2 Å². The molecule has 8 unspecified atom stereocenters. The molecule has 47 heavy (non-hydrogen) atoms. The first-order valence-corrected chi connectivity index (χ1v) is 17.9. The number of ether oxygens (including phenoxy) is 2. The Morgan fingerprint density at radius 1 is 0.872 bits per heavy atom. The predicted molar refractivity (Wildman–Crippen MR) is 172 cm³/mol. The topological polar surface area (TPSA) is 207 Å². The Balaban J connectivity index is 0.000000267. The fraction of sp³-hybridized carbons (Fsp3) is 0.667. The maximum atomic E-state index is 12.3. The van der Waals surface area contributed by atoms with E-state index in [2.05, 4.69) is 53.5 Å². The van der Waals surface area contributed by atoms with Gasteiger partial charge in [-0.15, -0.1) is 0 Å². The third kappa shape index (κ3) is 6.84. The second-order valence-corrected chi connectivity index (χ2v) is 18.4. The van der Waals surface area contributed by atoms with Crippen molar-refractivity contribution in [3.8, 4) is 0 Å². The van der Waals surface area contributed by atoms with Gasteiger partial charge in [-0.3, -0.25) is 47.9 Å². The Morgan fingerprint density at radius 3 is 1.64 bits per heavy atom. The molecule has 2 aliphatic rings. The number of H-pyrrole nitrogens is 2. The summed E-state index contributed by atoms with van der Waals surface area (Å²) in [5.41, 5.74) is -4.99. The van der Waals surface area contributed by atoms with Gasteiger partial charge in [-0.1, -0.05) is 34.6 Å². The molecule has 0 spiro atoms. The maximum Gasteiger partial charge on any atom is 0.387 e. The molecule has 0 bridgehead atoms. The molecule has 2 aliphatic heterocycles. The van der Waals surface area contributed by atoms with E-state index in [1.807, 2.05) is 6.92 Å². The molecule has 2 aromatic heterocycles. The monoisotopic (exact) mass is 676 g/mol. The molecule has 2 aromatic rings. The number of aromatic nitrogens is 4. The lowest BCUT2D eigenvalue weighted by atomic mass is 9.98. The van der Waals surface area contributed by atoms with Crippen LogP contribution in [0.2, 0.25) is 18.1 Å². The molecule has 16 nitrogen and oxygen atoms in total. The van der Waals surface area contributed by atoms with Crippen molar-refractivity contribution in [2.24, 2.45) is 11.8 Å². The fourth-order valence-corrected chi connectivity index (χ4v) is 6.66. The quantitative estimate of drug-likeness (QED) is 0.217. The van der Waals surface area contributed by atoms with Crippen LogP contribution >= 0.6 is 0 Å². The van der Waals surface area contributed by atoms with Crippen LogP contribution in [0.5, 0.6) is 0 Å². The number of nitrogens with zero attached hydrogens (tertiary/aromatic N) is 4. The molecular formula is C30H44N6O10Si. The predicted octanol–water partition coefficient (Wildman–Crippen LogP) is 0.987. The van der Waals surface area contributed by atoms with Crippen LogP contribution in [0.15, 0.2) is 31.6 Å². The van der Waals surface area contributed by atoms with Crippen molar-refractivity contribution < 1.29 is 29.2 Å². The van der Waals surface area contributed by atoms with Crippen molar-refractivity contribution in [3.05, 3.63) is 88.0 Å². The molecule has 0 amide bonds. The second kappa shape index (κ2) is 13.4. The summed E-state index contributed by atoms with van der Waals surface area (Å²) >= 11 is 0. The minimum atomic E-state index is -2.28. The van der Waals surface area contributed by atoms with Crippen LogP contribution in [-0.2, 0) is 13.9 Å². The molecule has 258 valence electrons. The lowest BCUT2D eigenvalue weighted by Gasteiger charge is -2.40. The largest absolute Gasteiger partial charge is 0.403 e. The number of hydrogen-bond donors (Lipinski definition) is 5. The molecule has 0 aromatic carbocycles. The number of aryl methyl sites for hydroxylation is 2. The molecule has 0 saturated carbocycles. The minimum absolute atomic E-state index is 0.0978. The smallest absolute Gasteiger partial charge is 0.387 e. The van der Waals surface area contributed by atoms with Crippen LogP contribution in [0.3, 0.4) is 0 Å². The van der Waals surface area contributed by atoms with Crippen LogP contribution in [0.4, 0.5) is 0 Å². The molecular weight excluding hydrogens is 632 g/mol. The Morgan fingerprint density at radius 2 is 1.28 bits per heavy atom. The lowest BCUT2D eigenvalue weighted by molar-refractivity contribution is -0.0998. The number of aromatic amines is 2. The van der Waals surface area contributed by atoms with Gasteiger partial charge in [-0.2, -0.15) is 0 Å². The summed E-state index contributed by atoms with van der Waals surface area (Å²) in [7, 11) is -2.28. The van der Waals surface area contributed by atoms with Gasteiger partial charge in [0.1, 0.15) is 0 Å². The van der Waals surface area contributed by atoms with Gasteiger partial charge in [-0.25, -0.2) is 22.7 Å². The first-order chi connectivity index (χ1) is 21.7. The van der Waals surface area contributed by atoms with E-state index in [4.69, 9.17) is 27.0 Å². The van der Waals surface area contributed by atoms with Gasteiger partial charge in [0, 0.05) is 35.4 Å². The highest BCUT2D eigenvalue weighted by molar-refractivity contribution is 6.74. The van der Waals surface area contributed by atoms with Gasteiger partial charge < -0.3 is 19.7 Å². The van der Waals surface area contributed by atoms with E-state index in [1.54, 1.807) is 13.8 Å². The minimum Gasteiger partial charge on any atom is -0.403 e. The third-order valence-electron chi connectivity index (χ3n) is 9.33. The molecule has 2 saturated heterocycles. The van der Waals surface area contributed by atoms with E-state index in [0.29, 0.717) is 11.1 Å². The molecule has 2 fully saturated rings. The molecule has 0 radical (unpaired) electrons. The maximum absolute atomic E-state index is 12.3. The summed E-state index contributed by atoms with van der Waals surface area (Å²) in [6.07, 6.45) is -0.979. The Kier molecular flexibility index (Phi) is 10.8. The molecule has 17 heteroatoms. The summed E-state index contributed by atoms with van der Waals surface area (Å²) in [4.78, 5) is 58.3. The third-order valence-corrected chi connectivity index (χ3v) is 13.8. The molecule has 4 heterocycles. The molecule has 0 aliphatic carbocycles. The average Bonchev–Trinajstić information content (AvgIpc) is 3.42. The standard InChI is InChI=1S/C18H29N3O5Si.C12H15N3O5/c1-11-9-21(16(24)20-14(11)23)15-12(2)13(18(10-22,19-6)25-15)26-27(7,8)17(3,4)5;1-6-4-15(11(19)14-9(6)18)10-7(2)8(17)12(5-16,13-3)20-10/h9,12-13,15,22H,10H2,1-5,7-8H3,(H,20,23,24);4,7-8,10,16-17H,5H2,1-2H3,(H,14,18,19). The SMILES string of the molecule is [C-]#[N+]C1(CO)OC(n2cc(C)c(=O)[nH]c2=O)C(C)C1O.[C-]#[N+]C1(CO)OC(n2cc(C)c(=O)[nH]c2=O)C(C)C1O[Si](C)(C)C(C)(C)C. The Bertz CT molecular complexity index is 1800. The number of hydrogen-bond acceptors (Lipinski definition) is 10. The van der Waals surface area contributed by atoms with E-state index in [1.165, 1.54) is 23.9 Å². The van der Waals surface area contributed by atoms with E-state index in [0.717, 1.165) is 4.57 Å². The van der Waals surface area contributed by atoms with Gasteiger partial charge in [0.25, 0.3) is 11.1 Å². The Labute approximate surface area is 272 Å². The van der Waals surface area contributed by atoms with Crippen molar-refractivity contribution in [1.82, 2.24) is 19.1 Å². The fourth-order valence-electron chi connectivity index (χ4n) is 5.27. The summed E-state index contributed by atoms with van der Waals surface area (Å²) in [6, 6.07) is 0. The van der Waals surface area contributed by atoms with Crippen LogP contribution in [0.25, 0.3) is 9.69 Å². The second-order valence-electron chi connectivity index (χ2n) is 13.7. The van der Waals surface area contributed by atoms with Gasteiger partial charge in [0.2, 0.25) is 0 Å². The highest BCUT2D eigenvalue weighted by atomic mass is 28.4. The van der Waals surface area contributed by atoms with Crippen molar-refractivity contribution in [2.45, 2.75) is 103 Å². The number of aliphatic hydroxyl groups is 3. The van der Waals surface area contributed by atoms with Crippen molar-refractivity contribution >= 4 is 8.32 Å². The van der Waals surface area contributed by atoms with Crippen LogP contribution < -0.4 is 22.5 Å². The average molecular weight is 677 g/mol. The van der Waals surface area contributed by atoms with Crippen molar-refractivity contribution in [3.63, 3.8) is 0 Å². The van der Waals surface area contributed by atoms with E-state index in [9.17, 15) is 34.5 Å². The van der Waals surface area contributed by atoms with E-state index in [-0.39, 0.29) is 11.0 Å². The summed E-state index contributed by atoms with van der Waals surface area (Å²) < 4.78 is 20.2. The van der Waals surface area contributed by atoms with Crippen LogP contribution in [-0.4, -0.2) is 79.6 Å². The summed E-state index contributed by atoms with van der Waals surface area (Å²) in [6.45, 7) is 30.4. The molecule has 5 N–H and O–H groups in total. The highest BCUT2D eigenvalue weighted by Crippen LogP contribution is 2.47. The highest BCUT2D eigenvalue weighted by Gasteiger charge is 2.63. The zero-order valence-electron chi connectivity index (χ0n) is 28.0. The van der Waals surface area contributed by atoms with Gasteiger partial charge >= 0.3 is 22.8 Å². The number of rotatable bonds is 6. The number of aliphatic hydroxyl groups excluding tert-OH is 3. The summed E-state index contributed by atoms with van der Waals surface area (Å²) in [5, 5.41) is 29.3. The van der Waals surface area contributed by atoms with Gasteiger partial charge in [0.05, 0.1) is 0 Å². The first-order valence-electron chi connectivity index (χ1n) is 15.0. The zero-order chi connectivity index (χ0) is 35.9. The Hall–Kier alpha value is -3.68. The van der Waals surface area contributed by atoms with Gasteiger partial charge in [-0.05, 0) is 32.0 Å². The van der Waals surface area contributed by atoms with Gasteiger partial charge in [0.15, 0.2) is 46.2 Å². The zero-order valence-corrected chi connectivity index (χ0v) is 29.0.